The molecule has 0 aromatic heterocycles. The van der Waals surface area contributed by atoms with E-state index in [0.717, 1.165) is 25.9 Å². The second-order valence-corrected chi connectivity index (χ2v) is 9.71. The summed E-state index contributed by atoms with van der Waals surface area (Å²) in [4.78, 5) is 17.5. The van der Waals surface area contributed by atoms with Gasteiger partial charge in [-0.05, 0) is 88.8 Å². The minimum Gasteiger partial charge on any atom is -0.488 e. The molecule has 8 heteroatoms. The van der Waals surface area contributed by atoms with Gasteiger partial charge in [0.05, 0.1) is 25.8 Å². The van der Waals surface area contributed by atoms with E-state index < -0.39 is 0 Å². The fourth-order valence-corrected chi connectivity index (χ4v) is 4.79. The van der Waals surface area contributed by atoms with Gasteiger partial charge in [-0.1, -0.05) is 41.9 Å². The molecule has 164 valence electrons. The van der Waals surface area contributed by atoms with Crippen molar-refractivity contribution in [3.8, 4) is 11.8 Å². The number of benzene rings is 3. The normalized spacial score (nSPS) is 15.5. The van der Waals surface area contributed by atoms with Gasteiger partial charge in [-0.3, -0.25) is 4.79 Å². The Morgan fingerprint density at radius 1 is 1.21 bits per heavy atom. The second kappa shape index (κ2) is 10.4. The summed E-state index contributed by atoms with van der Waals surface area (Å²) >= 11 is 9.65. The Kier molecular flexibility index (Phi) is 7.38. The van der Waals surface area contributed by atoms with Gasteiger partial charge in [-0.2, -0.15) is 5.26 Å². The van der Waals surface area contributed by atoms with Gasteiger partial charge in [-0.25, -0.2) is 4.99 Å². The third-order valence-electron chi connectivity index (χ3n) is 4.89. The predicted molar refractivity (Wildman–Crippen MR) is 142 cm³/mol. The first-order valence-corrected chi connectivity index (χ1v) is 12.2. The number of thioether (sulfide) groups is 1. The van der Waals surface area contributed by atoms with Crippen LogP contribution in [-0.4, -0.2) is 11.1 Å². The molecule has 1 amide bonds. The van der Waals surface area contributed by atoms with Gasteiger partial charge >= 0.3 is 0 Å². The van der Waals surface area contributed by atoms with Crippen LogP contribution in [0.4, 0.5) is 5.69 Å². The lowest BCUT2D eigenvalue weighted by atomic mass is 10.1. The van der Waals surface area contributed by atoms with Gasteiger partial charge in [0.15, 0.2) is 5.17 Å². The molecular weight excluding hydrogens is 569 g/mol. The zero-order valence-corrected chi connectivity index (χ0v) is 21.2. The molecular formula is C25H17ClIN3O2S. The summed E-state index contributed by atoms with van der Waals surface area (Å²) in [5, 5.41) is 13.2. The van der Waals surface area contributed by atoms with Crippen molar-refractivity contribution in [3.63, 3.8) is 0 Å². The summed E-state index contributed by atoms with van der Waals surface area (Å²) in [6, 6.07) is 20.8. The lowest BCUT2D eigenvalue weighted by Gasteiger charge is -2.10. The summed E-state index contributed by atoms with van der Waals surface area (Å²) in [6.45, 7) is 2.20. The number of amides is 1. The molecule has 1 aliphatic heterocycles. The number of hydrogen-bond donors (Lipinski definition) is 1. The molecule has 3 aromatic rings. The van der Waals surface area contributed by atoms with Crippen LogP contribution in [0.2, 0.25) is 5.02 Å². The third-order valence-corrected chi connectivity index (χ3v) is 7.05. The van der Waals surface area contributed by atoms with Crippen LogP contribution in [-0.2, 0) is 11.4 Å². The van der Waals surface area contributed by atoms with Crippen LogP contribution in [0.5, 0.6) is 5.75 Å². The van der Waals surface area contributed by atoms with Crippen molar-refractivity contribution in [1.82, 2.24) is 5.32 Å². The molecule has 5 nitrogen and oxygen atoms in total. The highest BCUT2D eigenvalue weighted by molar-refractivity contribution is 14.1. The van der Waals surface area contributed by atoms with Gasteiger partial charge in [0.1, 0.15) is 12.4 Å². The smallest absolute Gasteiger partial charge is 0.264 e. The maximum atomic E-state index is 12.4. The molecule has 0 radical (unpaired) electrons. The van der Waals surface area contributed by atoms with Crippen LogP contribution >= 0.6 is 46.0 Å². The molecule has 1 fully saturated rings. The van der Waals surface area contributed by atoms with Gasteiger partial charge in [-0.15, -0.1) is 0 Å². The number of carbonyl (C=O) groups is 1. The Morgan fingerprint density at radius 3 is 2.82 bits per heavy atom. The van der Waals surface area contributed by atoms with E-state index in [1.54, 1.807) is 6.07 Å². The minimum absolute atomic E-state index is 0.193. The Labute approximate surface area is 214 Å². The highest BCUT2D eigenvalue weighted by atomic mass is 127. The monoisotopic (exact) mass is 585 g/mol. The van der Waals surface area contributed by atoms with Gasteiger partial charge in [0.25, 0.3) is 5.91 Å². The number of hydrogen-bond acceptors (Lipinski definition) is 5. The largest absolute Gasteiger partial charge is 0.488 e. The standard InChI is InChI=1S/C25H17ClIN3O2S/c1-15-19(26)7-4-8-21(15)29-25-30-24(31)23(33-25)12-16-9-10-22(20(27)11-16)32-14-18-6-3-2-5-17(18)13-28/h2-12H,14H2,1H3,(H,29,30,31)/b23-12+. The lowest BCUT2D eigenvalue weighted by Crippen LogP contribution is -2.19. The number of aliphatic imine (C=N–C) groups is 1. The van der Waals surface area contributed by atoms with Crippen LogP contribution < -0.4 is 10.1 Å². The molecule has 0 unspecified atom stereocenters. The first-order chi connectivity index (χ1) is 15.9. The van der Waals surface area contributed by atoms with Crippen LogP contribution in [0.3, 0.4) is 0 Å². The Bertz CT molecular complexity index is 1350. The van der Waals surface area contributed by atoms with Crippen molar-refractivity contribution in [2.45, 2.75) is 13.5 Å². The third kappa shape index (κ3) is 5.58. The molecule has 0 spiro atoms. The topological polar surface area (TPSA) is 74.5 Å². The fraction of sp³-hybridized carbons (Fsp3) is 0.0800. The average Bonchev–Trinajstić information content (AvgIpc) is 3.15. The number of nitrogens with one attached hydrogen (secondary N) is 1. The summed E-state index contributed by atoms with van der Waals surface area (Å²) in [6.07, 6.45) is 1.82. The van der Waals surface area contributed by atoms with Crippen LogP contribution in [0.1, 0.15) is 22.3 Å². The SMILES string of the molecule is Cc1c(Cl)cccc1N=C1NC(=O)/C(=C\c2ccc(OCc3ccccc3C#N)c(I)c2)S1. The van der Waals surface area contributed by atoms with Crippen LogP contribution in [0.15, 0.2) is 70.6 Å². The number of halogens is 2. The van der Waals surface area contributed by atoms with E-state index in [1.165, 1.54) is 11.8 Å². The number of carbonyl (C=O) groups excluding carboxylic acids is 1. The number of amidine groups is 1. The van der Waals surface area contributed by atoms with Crippen molar-refractivity contribution in [2.75, 3.05) is 0 Å². The second-order valence-electron chi connectivity index (χ2n) is 7.11. The van der Waals surface area contributed by atoms with E-state index >= 15 is 0 Å². The van der Waals surface area contributed by atoms with E-state index in [2.05, 4.69) is 39.0 Å². The maximum absolute atomic E-state index is 12.4. The van der Waals surface area contributed by atoms with Crippen molar-refractivity contribution in [3.05, 3.63) is 96.4 Å². The van der Waals surface area contributed by atoms with E-state index in [4.69, 9.17) is 16.3 Å². The summed E-state index contributed by atoms with van der Waals surface area (Å²) in [5.41, 5.74) is 3.90. The van der Waals surface area contributed by atoms with E-state index in [0.29, 0.717) is 33.0 Å². The first-order valence-electron chi connectivity index (χ1n) is 9.89. The fourth-order valence-electron chi connectivity index (χ4n) is 3.09. The van der Waals surface area contributed by atoms with Crippen molar-refractivity contribution >= 4 is 68.8 Å². The highest BCUT2D eigenvalue weighted by Crippen LogP contribution is 2.32. The maximum Gasteiger partial charge on any atom is 0.264 e. The molecule has 0 saturated carbocycles. The average molecular weight is 586 g/mol. The Balaban J connectivity index is 1.48. The quantitative estimate of drug-likeness (QED) is 0.271. The van der Waals surface area contributed by atoms with Crippen LogP contribution in [0, 0.1) is 21.8 Å². The molecule has 0 aliphatic carbocycles. The van der Waals surface area contributed by atoms with E-state index in [1.807, 2.05) is 67.6 Å². The molecule has 33 heavy (non-hydrogen) atoms. The summed E-state index contributed by atoms with van der Waals surface area (Å²) < 4.78 is 6.83. The van der Waals surface area contributed by atoms with Crippen molar-refractivity contribution < 1.29 is 9.53 Å². The Morgan fingerprint density at radius 2 is 2.03 bits per heavy atom. The van der Waals surface area contributed by atoms with Crippen molar-refractivity contribution in [2.24, 2.45) is 4.99 Å². The zero-order chi connectivity index (χ0) is 23.4. The summed E-state index contributed by atoms with van der Waals surface area (Å²) in [7, 11) is 0. The zero-order valence-electron chi connectivity index (χ0n) is 17.4. The molecule has 1 N–H and O–H groups in total. The van der Waals surface area contributed by atoms with Crippen molar-refractivity contribution in [1.29, 1.82) is 5.26 Å². The molecule has 1 aliphatic rings. The van der Waals surface area contributed by atoms with E-state index in [-0.39, 0.29) is 5.91 Å². The molecule has 4 rings (SSSR count). The van der Waals surface area contributed by atoms with Gasteiger partial charge in [0.2, 0.25) is 0 Å². The first kappa shape index (κ1) is 23.4. The van der Waals surface area contributed by atoms with Gasteiger partial charge in [0, 0.05) is 10.6 Å². The molecule has 1 saturated heterocycles. The van der Waals surface area contributed by atoms with Gasteiger partial charge < -0.3 is 10.1 Å². The number of ether oxygens (including phenoxy) is 1. The highest BCUT2D eigenvalue weighted by Gasteiger charge is 2.24. The number of nitrogens with zero attached hydrogens (tertiary/aromatic N) is 2. The Hall–Kier alpha value is -2.80. The minimum atomic E-state index is -0.193. The molecule has 0 atom stereocenters. The van der Waals surface area contributed by atoms with Crippen LogP contribution in [0.25, 0.3) is 6.08 Å². The molecule has 1 heterocycles. The predicted octanol–water partition coefficient (Wildman–Crippen LogP) is 6.60. The lowest BCUT2D eigenvalue weighted by molar-refractivity contribution is -0.115. The van der Waals surface area contributed by atoms with E-state index in [9.17, 15) is 10.1 Å². The number of nitriles is 1. The number of rotatable bonds is 5. The summed E-state index contributed by atoms with van der Waals surface area (Å²) in [5.74, 6) is 0.523. The molecule has 0 bridgehead atoms. The molecule has 3 aromatic carbocycles.